The van der Waals surface area contributed by atoms with Crippen molar-refractivity contribution in [3.63, 3.8) is 0 Å². The molecule has 3 nitrogen and oxygen atoms in total. The second-order valence-electron chi connectivity index (χ2n) is 5.62. The fraction of sp³-hybridized carbons (Fsp3) is 1.00. The molecule has 2 rings (SSSR count). The Balaban J connectivity index is 1.85. The van der Waals surface area contributed by atoms with E-state index in [1.54, 1.807) is 0 Å². The van der Waals surface area contributed by atoms with Crippen molar-refractivity contribution >= 4 is 0 Å². The number of nitrogens with two attached hydrogens (primary N) is 1. The molecule has 0 aromatic heterocycles. The fourth-order valence-electron chi connectivity index (χ4n) is 2.82. The molecule has 2 atom stereocenters. The standard InChI is InChI=1S/C11H23N3/c1-11(2,12)8-14-6-4-9-3-5-13-10(9)7-14/h9-10,13H,3-8,12H2,1-2H3. The molecule has 0 saturated carbocycles. The second-order valence-corrected chi connectivity index (χ2v) is 5.62. The highest BCUT2D eigenvalue weighted by molar-refractivity contribution is 4.92. The number of hydrogen-bond donors (Lipinski definition) is 2. The van der Waals surface area contributed by atoms with Crippen molar-refractivity contribution in [1.29, 1.82) is 0 Å². The highest BCUT2D eigenvalue weighted by Gasteiger charge is 2.33. The lowest BCUT2D eigenvalue weighted by atomic mass is 9.91. The van der Waals surface area contributed by atoms with E-state index in [1.165, 1.54) is 32.5 Å². The molecule has 0 amide bonds. The summed E-state index contributed by atoms with van der Waals surface area (Å²) in [6.07, 6.45) is 2.73. The molecule has 0 radical (unpaired) electrons. The maximum Gasteiger partial charge on any atom is 0.0226 e. The number of nitrogens with one attached hydrogen (secondary N) is 1. The van der Waals surface area contributed by atoms with Gasteiger partial charge in [0.05, 0.1) is 0 Å². The molecule has 0 aliphatic carbocycles. The van der Waals surface area contributed by atoms with E-state index in [0.717, 1.165) is 18.5 Å². The van der Waals surface area contributed by atoms with E-state index in [2.05, 4.69) is 24.1 Å². The smallest absolute Gasteiger partial charge is 0.0226 e. The normalized spacial score (nSPS) is 34.5. The molecule has 0 aromatic rings. The van der Waals surface area contributed by atoms with Gasteiger partial charge < -0.3 is 11.1 Å². The summed E-state index contributed by atoms with van der Waals surface area (Å²) < 4.78 is 0. The average Bonchev–Trinajstić information content (AvgIpc) is 2.47. The molecule has 2 aliphatic rings. The molecule has 2 heterocycles. The number of fused-ring (bicyclic) bond motifs is 1. The molecule has 82 valence electrons. The lowest BCUT2D eigenvalue weighted by Gasteiger charge is -2.38. The summed E-state index contributed by atoms with van der Waals surface area (Å²) in [4.78, 5) is 2.51. The maximum absolute atomic E-state index is 6.04. The van der Waals surface area contributed by atoms with Crippen LogP contribution in [0.5, 0.6) is 0 Å². The quantitative estimate of drug-likeness (QED) is 0.673. The minimum Gasteiger partial charge on any atom is -0.324 e. The van der Waals surface area contributed by atoms with Crippen LogP contribution in [0.3, 0.4) is 0 Å². The van der Waals surface area contributed by atoms with Gasteiger partial charge in [0.1, 0.15) is 0 Å². The van der Waals surface area contributed by atoms with Gasteiger partial charge in [-0.25, -0.2) is 0 Å². The molecule has 2 aliphatic heterocycles. The average molecular weight is 197 g/mol. The van der Waals surface area contributed by atoms with Crippen LogP contribution in [-0.2, 0) is 0 Å². The Morgan fingerprint density at radius 1 is 1.43 bits per heavy atom. The summed E-state index contributed by atoms with van der Waals surface area (Å²) in [6, 6.07) is 0.742. The summed E-state index contributed by atoms with van der Waals surface area (Å²) in [5.41, 5.74) is 5.99. The molecule has 0 aromatic carbocycles. The van der Waals surface area contributed by atoms with E-state index in [0.29, 0.717) is 0 Å². The zero-order chi connectivity index (χ0) is 10.2. The number of hydrogen-bond acceptors (Lipinski definition) is 3. The number of rotatable bonds is 2. The third-order valence-corrected chi connectivity index (χ3v) is 3.39. The first-order chi connectivity index (χ1) is 6.54. The van der Waals surface area contributed by atoms with Crippen LogP contribution in [0, 0.1) is 5.92 Å². The highest BCUT2D eigenvalue weighted by Crippen LogP contribution is 2.25. The Morgan fingerprint density at radius 2 is 2.21 bits per heavy atom. The van der Waals surface area contributed by atoms with E-state index < -0.39 is 0 Å². The molecule has 14 heavy (non-hydrogen) atoms. The van der Waals surface area contributed by atoms with Crippen LogP contribution in [0.4, 0.5) is 0 Å². The van der Waals surface area contributed by atoms with Crippen LogP contribution < -0.4 is 11.1 Å². The molecule has 0 bridgehead atoms. The summed E-state index contributed by atoms with van der Waals surface area (Å²) >= 11 is 0. The first kappa shape index (κ1) is 10.4. The van der Waals surface area contributed by atoms with Gasteiger partial charge >= 0.3 is 0 Å². The van der Waals surface area contributed by atoms with Gasteiger partial charge in [-0.15, -0.1) is 0 Å². The molecule has 2 fully saturated rings. The Kier molecular flexibility index (Phi) is 2.82. The van der Waals surface area contributed by atoms with Crippen molar-refractivity contribution in [2.75, 3.05) is 26.2 Å². The SMILES string of the molecule is CC(C)(N)CN1CCC2CCNC2C1. The molecule has 3 N–H and O–H groups in total. The van der Waals surface area contributed by atoms with Crippen molar-refractivity contribution in [2.45, 2.75) is 38.3 Å². The number of piperidine rings is 1. The first-order valence-electron chi connectivity index (χ1n) is 5.79. The Bertz CT molecular complexity index is 197. The summed E-state index contributed by atoms with van der Waals surface area (Å²) in [6.45, 7) is 8.91. The van der Waals surface area contributed by atoms with E-state index in [4.69, 9.17) is 5.73 Å². The van der Waals surface area contributed by atoms with Gasteiger partial charge in [-0.3, -0.25) is 4.90 Å². The predicted octanol–water partition coefficient (Wildman–Crippen LogP) is 0.408. The van der Waals surface area contributed by atoms with Crippen molar-refractivity contribution in [2.24, 2.45) is 11.7 Å². The summed E-state index contributed by atoms with van der Waals surface area (Å²) in [5, 5.41) is 3.59. The molecule has 0 spiro atoms. The fourth-order valence-corrected chi connectivity index (χ4v) is 2.82. The maximum atomic E-state index is 6.04. The lowest BCUT2D eigenvalue weighted by molar-refractivity contribution is 0.143. The zero-order valence-corrected chi connectivity index (χ0v) is 9.42. The third kappa shape index (κ3) is 2.47. The summed E-state index contributed by atoms with van der Waals surface area (Å²) in [5.74, 6) is 0.937. The van der Waals surface area contributed by atoms with Gasteiger partial charge in [0, 0.05) is 24.7 Å². The molecular weight excluding hydrogens is 174 g/mol. The highest BCUT2D eigenvalue weighted by atomic mass is 15.2. The Hall–Kier alpha value is -0.120. The molecule has 3 heteroatoms. The monoisotopic (exact) mass is 197 g/mol. The zero-order valence-electron chi connectivity index (χ0n) is 9.42. The van der Waals surface area contributed by atoms with Gasteiger partial charge in [-0.05, 0) is 45.7 Å². The van der Waals surface area contributed by atoms with E-state index >= 15 is 0 Å². The van der Waals surface area contributed by atoms with Crippen LogP contribution in [0.1, 0.15) is 26.7 Å². The Labute approximate surface area is 87.0 Å². The van der Waals surface area contributed by atoms with E-state index in [-0.39, 0.29) is 5.54 Å². The van der Waals surface area contributed by atoms with Crippen LogP contribution >= 0.6 is 0 Å². The minimum atomic E-state index is -0.0502. The van der Waals surface area contributed by atoms with Gasteiger partial charge in [0.15, 0.2) is 0 Å². The largest absolute Gasteiger partial charge is 0.324 e. The topological polar surface area (TPSA) is 41.3 Å². The molecule has 2 saturated heterocycles. The van der Waals surface area contributed by atoms with Gasteiger partial charge in [-0.2, -0.15) is 0 Å². The van der Waals surface area contributed by atoms with Crippen LogP contribution in [0.15, 0.2) is 0 Å². The van der Waals surface area contributed by atoms with Gasteiger partial charge in [0.2, 0.25) is 0 Å². The lowest BCUT2D eigenvalue weighted by Crippen LogP contribution is -2.52. The number of likely N-dealkylation sites (tertiary alicyclic amines) is 1. The van der Waals surface area contributed by atoms with E-state index in [9.17, 15) is 0 Å². The van der Waals surface area contributed by atoms with Crippen molar-refractivity contribution in [3.05, 3.63) is 0 Å². The Morgan fingerprint density at radius 3 is 2.93 bits per heavy atom. The predicted molar refractivity (Wildman–Crippen MR) is 59.2 cm³/mol. The van der Waals surface area contributed by atoms with Gasteiger partial charge in [-0.1, -0.05) is 0 Å². The van der Waals surface area contributed by atoms with Gasteiger partial charge in [0.25, 0.3) is 0 Å². The van der Waals surface area contributed by atoms with Crippen LogP contribution in [-0.4, -0.2) is 42.7 Å². The van der Waals surface area contributed by atoms with Crippen LogP contribution in [0.2, 0.25) is 0 Å². The number of nitrogens with zero attached hydrogens (tertiary/aromatic N) is 1. The van der Waals surface area contributed by atoms with E-state index in [1.807, 2.05) is 0 Å². The molecule has 2 unspecified atom stereocenters. The third-order valence-electron chi connectivity index (χ3n) is 3.39. The van der Waals surface area contributed by atoms with Crippen molar-refractivity contribution < 1.29 is 0 Å². The second kappa shape index (κ2) is 3.80. The minimum absolute atomic E-state index is 0.0502. The molecular formula is C11H23N3. The van der Waals surface area contributed by atoms with Crippen LogP contribution in [0.25, 0.3) is 0 Å². The first-order valence-corrected chi connectivity index (χ1v) is 5.79. The summed E-state index contributed by atoms with van der Waals surface area (Å²) in [7, 11) is 0. The van der Waals surface area contributed by atoms with Crippen molar-refractivity contribution in [1.82, 2.24) is 10.2 Å². The van der Waals surface area contributed by atoms with Crippen molar-refractivity contribution in [3.8, 4) is 0 Å².